The van der Waals surface area contributed by atoms with E-state index in [1.54, 1.807) is 20.8 Å². The minimum absolute atomic E-state index is 0.0280. The largest absolute Gasteiger partial charge is 0.481 e. The van der Waals surface area contributed by atoms with Gasteiger partial charge in [0.25, 0.3) is 0 Å². The van der Waals surface area contributed by atoms with Gasteiger partial charge in [-0.05, 0) is 51.8 Å². The number of ether oxygens (including phenoxy) is 1. The lowest BCUT2D eigenvalue weighted by Crippen LogP contribution is -2.54. The first-order valence-electron chi connectivity index (χ1n) is 7.32. The van der Waals surface area contributed by atoms with Crippen LogP contribution in [0, 0.1) is 5.82 Å². The average molecular weight is 324 g/mol. The predicted molar refractivity (Wildman–Crippen MR) is 82.8 cm³/mol. The molecule has 0 radical (unpaired) electrons. The zero-order valence-electron chi connectivity index (χ0n) is 13.4. The molecule has 1 aliphatic rings. The molecule has 0 aromatic heterocycles. The van der Waals surface area contributed by atoms with Crippen molar-refractivity contribution in [1.29, 1.82) is 0 Å². The van der Waals surface area contributed by atoms with Crippen molar-refractivity contribution < 1.29 is 23.8 Å². The molecule has 0 unspecified atom stereocenters. The molecule has 1 amide bonds. The summed E-state index contributed by atoms with van der Waals surface area (Å²) in [6.45, 7) is 5.16. The summed E-state index contributed by atoms with van der Waals surface area (Å²) in [4.78, 5) is 23.4. The number of benzene rings is 1. The SMILES string of the molecule is CC(C)(C)OC(=O)Nc1ccc(F)c(C2(C(=O)O)CC(N)C2)c1. The van der Waals surface area contributed by atoms with Gasteiger partial charge in [0.2, 0.25) is 0 Å². The van der Waals surface area contributed by atoms with Crippen molar-refractivity contribution >= 4 is 17.7 Å². The molecule has 7 heteroatoms. The van der Waals surface area contributed by atoms with Crippen LogP contribution < -0.4 is 11.1 Å². The van der Waals surface area contributed by atoms with E-state index >= 15 is 0 Å². The first-order valence-corrected chi connectivity index (χ1v) is 7.32. The number of hydrogen-bond donors (Lipinski definition) is 3. The highest BCUT2D eigenvalue weighted by atomic mass is 19.1. The molecule has 1 saturated carbocycles. The summed E-state index contributed by atoms with van der Waals surface area (Å²) in [5.74, 6) is -1.75. The Morgan fingerprint density at radius 1 is 1.39 bits per heavy atom. The van der Waals surface area contributed by atoms with Gasteiger partial charge in [-0.15, -0.1) is 0 Å². The summed E-state index contributed by atoms with van der Waals surface area (Å²) in [6.07, 6.45) is -0.366. The second kappa shape index (κ2) is 5.81. The zero-order valence-corrected chi connectivity index (χ0v) is 13.4. The van der Waals surface area contributed by atoms with Crippen molar-refractivity contribution in [3.63, 3.8) is 0 Å². The fourth-order valence-electron chi connectivity index (χ4n) is 2.74. The van der Waals surface area contributed by atoms with Gasteiger partial charge in [-0.2, -0.15) is 0 Å². The second-order valence-corrected chi connectivity index (χ2v) is 6.88. The Bertz CT molecular complexity index is 633. The fourth-order valence-corrected chi connectivity index (χ4v) is 2.74. The van der Waals surface area contributed by atoms with Gasteiger partial charge in [0.15, 0.2) is 0 Å². The second-order valence-electron chi connectivity index (χ2n) is 6.88. The number of nitrogens with one attached hydrogen (secondary N) is 1. The van der Waals surface area contributed by atoms with Crippen LogP contribution in [0.5, 0.6) is 0 Å². The number of carboxylic acids is 1. The van der Waals surface area contributed by atoms with Gasteiger partial charge in [0.05, 0.1) is 5.41 Å². The summed E-state index contributed by atoms with van der Waals surface area (Å²) in [5, 5.41) is 12.0. The maximum absolute atomic E-state index is 14.1. The average Bonchev–Trinajstić information content (AvgIpc) is 2.34. The van der Waals surface area contributed by atoms with Crippen LogP contribution in [0.25, 0.3) is 0 Å². The topological polar surface area (TPSA) is 102 Å². The Balaban J connectivity index is 2.26. The van der Waals surface area contributed by atoms with Gasteiger partial charge in [-0.25, -0.2) is 9.18 Å². The molecule has 1 aromatic carbocycles. The van der Waals surface area contributed by atoms with Gasteiger partial charge in [0, 0.05) is 17.3 Å². The third kappa shape index (κ3) is 3.61. The lowest BCUT2D eigenvalue weighted by atomic mass is 9.61. The third-order valence-corrected chi connectivity index (χ3v) is 3.76. The van der Waals surface area contributed by atoms with Gasteiger partial charge >= 0.3 is 12.1 Å². The molecular weight excluding hydrogens is 303 g/mol. The smallest absolute Gasteiger partial charge is 0.412 e. The van der Waals surface area contributed by atoms with Crippen LogP contribution >= 0.6 is 0 Å². The van der Waals surface area contributed by atoms with Gasteiger partial charge in [-0.1, -0.05) is 0 Å². The van der Waals surface area contributed by atoms with Crippen LogP contribution in [-0.2, 0) is 14.9 Å². The highest BCUT2D eigenvalue weighted by molar-refractivity contribution is 5.87. The number of aliphatic carboxylic acids is 1. The number of hydrogen-bond acceptors (Lipinski definition) is 4. The van der Waals surface area contributed by atoms with Crippen molar-refractivity contribution in [2.45, 2.75) is 50.7 Å². The number of halogens is 1. The van der Waals surface area contributed by atoms with Crippen LogP contribution in [0.3, 0.4) is 0 Å². The molecule has 1 fully saturated rings. The molecule has 0 atom stereocenters. The van der Waals surface area contributed by atoms with E-state index in [9.17, 15) is 19.1 Å². The van der Waals surface area contributed by atoms with Crippen LogP contribution in [0.4, 0.5) is 14.9 Å². The highest BCUT2D eigenvalue weighted by Crippen LogP contribution is 2.45. The van der Waals surface area contributed by atoms with Gasteiger partial charge < -0.3 is 15.6 Å². The molecule has 126 valence electrons. The monoisotopic (exact) mass is 324 g/mol. The molecule has 0 bridgehead atoms. The Hall–Kier alpha value is -2.15. The van der Waals surface area contributed by atoms with Crippen LogP contribution in [0.15, 0.2) is 18.2 Å². The number of rotatable bonds is 3. The minimum atomic E-state index is -1.34. The third-order valence-electron chi connectivity index (χ3n) is 3.76. The van der Waals surface area contributed by atoms with E-state index in [2.05, 4.69) is 5.32 Å². The Labute approximate surface area is 133 Å². The summed E-state index contributed by atoms with van der Waals surface area (Å²) in [6, 6.07) is 3.56. The highest BCUT2D eigenvalue weighted by Gasteiger charge is 2.52. The summed E-state index contributed by atoms with van der Waals surface area (Å²) in [7, 11) is 0. The number of anilines is 1. The standard InChI is InChI=1S/C16H21FN2O4/c1-15(2,3)23-14(22)19-10-4-5-12(17)11(6-10)16(13(20)21)7-9(18)8-16/h4-6,9H,7-8,18H2,1-3H3,(H,19,22)(H,20,21). The molecule has 0 spiro atoms. The van der Waals surface area contributed by atoms with Crippen LogP contribution in [0.1, 0.15) is 39.2 Å². The van der Waals surface area contributed by atoms with Crippen molar-refractivity contribution in [1.82, 2.24) is 0 Å². The van der Waals surface area contributed by atoms with Crippen molar-refractivity contribution in [3.8, 4) is 0 Å². The maximum atomic E-state index is 14.1. The molecule has 0 aliphatic heterocycles. The molecule has 4 N–H and O–H groups in total. The van der Waals surface area contributed by atoms with Gasteiger partial charge in [0.1, 0.15) is 11.4 Å². The van der Waals surface area contributed by atoms with Gasteiger partial charge in [-0.3, -0.25) is 10.1 Å². The van der Waals surface area contributed by atoms with Crippen molar-refractivity contribution in [3.05, 3.63) is 29.6 Å². The van der Waals surface area contributed by atoms with Crippen molar-refractivity contribution in [2.75, 3.05) is 5.32 Å². The van der Waals surface area contributed by atoms with E-state index in [0.29, 0.717) is 0 Å². The first-order chi connectivity index (χ1) is 10.5. The number of amides is 1. The molecule has 6 nitrogen and oxygen atoms in total. The molecule has 0 heterocycles. The fraction of sp³-hybridized carbons (Fsp3) is 0.500. The zero-order chi connectivity index (χ0) is 17.4. The molecule has 1 aliphatic carbocycles. The minimum Gasteiger partial charge on any atom is -0.481 e. The quantitative estimate of drug-likeness (QED) is 0.793. The number of carbonyl (C=O) groups excluding carboxylic acids is 1. The Morgan fingerprint density at radius 2 is 2.00 bits per heavy atom. The van der Waals surface area contributed by atoms with Crippen LogP contribution in [0.2, 0.25) is 0 Å². The maximum Gasteiger partial charge on any atom is 0.412 e. The normalized spacial score (nSPS) is 23.8. The Morgan fingerprint density at radius 3 is 2.48 bits per heavy atom. The molecule has 23 heavy (non-hydrogen) atoms. The Kier molecular flexibility index (Phi) is 4.34. The number of nitrogens with two attached hydrogens (primary N) is 1. The molecule has 0 saturated heterocycles. The van der Waals surface area contributed by atoms with E-state index in [-0.39, 0.29) is 30.1 Å². The summed E-state index contributed by atoms with van der Waals surface area (Å²) < 4.78 is 19.3. The number of carboxylic acid groups (broad SMARTS) is 1. The molecular formula is C16H21FN2O4. The van der Waals surface area contributed by atoms with E-state index in [0.717, 1.165) is 6.07 Å². The summed E-state index contributed by atoms with van der Waals surface area (Å²) >= 11 is 0. The molecule has 2 rings (SSSR count). The van der Waals surface area contributed by atoms with E-state index in [4.69, 9.17) is 10.5 Å². The van der Waals surface area contributed by atoms with E-state index in [1.165, 1.54) is 12.1 Å². The van der Waals surface area contributed by atoms with Crippen molar-refractivity contribution in [2.24, 2.45) is 5.73 Å². The first kappa shape index (κ1) is 17.2. The number of carbonyl (C=O) groups is 2. The lowest BCUT2D eigenvalue weighted by Gasteiger charge is -2.43. The van der Waals surface area contributed by atoms with E-state index < -0.39 is 28.9 Å². The van der Waals surface area contributed by atoms with Crippen LogP contribution in [-0.4, -0.2) is 28.8 Å². The lowest BCUT2D eigenvalue weighted by molar-refractivity contribution is -0.148. The predicted octanol–water partition coefficient (Wildman–Crippen LogP) is 2.62. The summed E-state index contributed by atoms with van der Waals surface area (Å²) in [5.41, 5.74) is 3.99. The molecule has 1 aromatic rings. The van der Waals surface area contributed by atoms with E-state index in [1.807, 2.05) is 0 Å².